The lowest BCUT2D eigenvalue weighted by molar-refractivity contribution is -0.143. The first kappa shape index (κ1) is 14.2. The number of carbonyl (C=O) groups is 2. The van der Waals surface area contributed by atoms with Gasteiger partial charge in [0.05, 0.1) is 5.92 Å². The lowest BCUT2D eigenvalue weighted by Crippen LogP contribution is -2.20. The number of carboxylic acid groups (broad SMARTS) is 2. The summed E-state index contributed by atoms with van der Waals surface area (Å²) in [5.41, 5.74) is 0.972. The molecule has 0 aliphatic carbocycles. The van der Waals surface area contributed by atoms with Gasteiger partial charge in [0.25, 0.3) is 0 Å². The molecule has 4 heteroatoms. The molecule has 0 saturated carbocycles. The third kappa shape index (κ3) is 4.20. The summed E-state index contributed by atoms with van der Waals surface area (Å²) >= 11 is 0. The van der Waals surface area contributed by atoms with Gasteiger partial charge in [-0.05, 0) is 24.3 Å². The van der Waals surface area contributed by atoms with Crippen LogP contribution in [0.5, 0.6) is 0 Å². The Balaban J connectivity index is 2.67. The van der Waals surface area contributed by atoms with Gasteiger partial charge in [0.15, 0.2) is 0 Å². The first-order chi connectivity index (χ1) is 8.52. The third-order valence-electron chi connectivity index (χ3n) is 3.15. The Bertz CT molecular complexity index is 400. The maximum Gasteiger partial charge on any atom is 0.307 e. The van der Waals surface area contributed by atoms with E-state index in [1.165, 1.54) is 0 Å². The molecule has 0 bridgehead atoms. The quantitative estimate of drug-likeness (QED) is 0.780. The van der Waals surface area contributed by atoms with Gasteiger partial charge in [0, 0.05) is 6.42 Å². The van der Waals surface area contributed by atoms with Crippen molar-refractivity contribution in [2.75, 3.05) is 0 Å². The number of aliphatic carboxylic acids is 2. The Kier molecular flexibility index (Phi) is 5.36. The van der Waals surface area contributed by atoms with Crippen molar-refractivity contribution in [3.8, 4) is 0 Å². The van der Waals surface area contributed by atoms with Crippen molar-refractivity contribution in [2.24, 2.45) is 5.92 Å². The number of rotatable bonds is 7. The number of carboxylic acids is 2. The predicted octanol–water partition coefficient (Wildman–Crippen LogP) is 2.75. The van der Waals surface area contributed by atoms with Gasteiger partial charge in [0.2, 0.25) is 0 Å². The molecule has 0 saturated heterocycles. The van der Waals surface area contributed by atoms with Crippen LogP contribution in [0.25, 0.3) is 0 Å². The van der Waals surface area contributed by atoms with Crippen molar-refractivity contribution < 1.29 is 19.8 Å². The van der Waals surface area contributed by atoms with Crippen molar-refractivity contribution in [1.82, 2.24) is 0 Å². The SMILES string of the molecule is CC(c1ccccc1)C(CCCC(=O)O)C(=O)O. The Morgan fingerprint density at radius 3 is 2.28 bits per heavy atom. The maximum atomic E-state index is 11.2. The zero-order valence-corrected chi connectivity index (χ0v) is 10.4. The molecule has 2 atom stereocenters. The van der Waals surface area contributed by atoms with Gasteiger partial charge in [-0.2, -0.15) is 0 Å². The van der Waals surface area contributed by atoms with Crippen LogP contribution in [0.4, 0.5) is 0 Å². The smallest absolute Gasteiger partial charge is 0.307 e. The second-order valence-electron chi connectivity index (χ2n) is 4.43. The lowest BCUT2D eigenvalue weighted by Gasteiger charge is -2.20. The minimum Gasteiger partial charge on any atom is -0.481 e. The fraction of sp³-hybridized carbons (Fsp3) is 0.429. The molecule has 0 aromatic heterocycles. The van der Waals surface area contributed by atoms with Crippen molar-refractivity contribution in [2.45, 2.75) is 32.1 Å². The second kappa shape index (κ2) is 6.79. The molecule has 18 heavy (non-hydrogen) atoms. The van der Waals surface area contributed by atoms with Crippen LogP contribution in [0.1, 0.15) is 37.7 Å². The van der Waals surface area contributed by atoms with Crippen molar-refractivity contribution in [3.05, 3.63) is 35.9 Å². The van der Waals surface area contributed by atoms with E-state index in [1.807, 2.05) is 37.3 Å². The number of hydrogen-bond acceptors (Lipinski definition) is 2. The fourth-order valence-electron chi connectivity index (χ4n) is 2.05. The summed E-state index contributed by atoms with van der Waals surface area (Å²) in [5.74, 6) is -2.40. The van der Waals surface area contributed by atoms with Crippen molar-refractivity contribution in [1.29, 1.82) is 0 Å². The highest BCUT2D eigenvalue weighted by molar-refractivity contribution is 5.71. The van der Waals surface area contributed by atoms with Crippen molar-refractivity contribution in [3.63, 3.8) is 0 Å². The molecule has 0 spiro atoms. The van der Waals surface area contributed by atoms with Gasteiger partial charge in [-0.15, -0.1) is 0 Å². The van der Waals surface area contributed by atoms with Crippen LogP contribution in [0.2, 0.25) is 0 Å². The molecular formula is C14H18O4. The van der Waals surface area contributed by atoms with Crippen LogP contribution in [0.3, 0.4) is 0 Å². The van der Waals surface area contributed by atoms with E-state index in [4.69, 9.17) is 5.11 Å². The third-order valence-corrected chi connectivity index (χ3v) is 3.15. The summed E-state index contributed by atoms with van der Waals surface area (Å²) in [6.07, 6.45) is 0.798. The van der Waals surface area contributed by atoms with Crippen LogP contribution in [-0.2, 0) is 9.59 Å². The fourth-order valence-corrected chi connectivity index (χ4v) is 2.05. The standard InChI is InChI=1S/C14H18O4/c1-10(11-6-3-2-4-7-11)12(14(17)18)8-5-9-13(15)16/h2-4,6-7,10,12H,5,8-9H2,1H3,(H,15,16)(H,17,18). The highest BCUT2D eigenvalue weighted by Gasteiger charge is 2.25. The molecule has 1 aromatic rings. The molecule has 2 unspecified atom stereocenters. The predicted molar refractivity (Wildman–Crippen MR) is 67.5 cm³/mol. The zero-order valence-electron chi connectivity index (χ0n) is 10.4. The summed E-state index contributed by atoms with van der Waals surface area (Å²) in [6, 6.07) is 9.44. The molecule has 98 valence electrons. The molecule has 4 nitrogen and oxygen atoms in total. The largest absolute Gasteiger partial charge is 0.481 e. The molecule has 0 aliphatic rings. The Labute approximate surface area is 106 Å². The minimum absolute atomic E-state index is 0.0191. The van der Waals surface area contributed by atoms with Crippen LogP contribution < -0.4 is 0 Å². The van der Waals surface area contributed by atoms with Gasteiger partial charge in [-0.1, -0.05) is 37.3 Å². The van der Waals surface area contributed by atoms with Gasteiger partial charge < -0.3 is 10.2 Å². The average molecular weight is 250 g/mol. The molecule has 1 rings (SSSR count). The maximum absolute atomic E-state index is 11.2. The molecule has 2 N–H and O–H groups in total. The topological polar surface area (TPSA) is 74.6 Å². The van der Waals surface area contributed by atoms with Crippen LogP contribution in [0.15, 0.2) is 30.3 Å². The Morgan fingerprint density at radius 1 is 1.17 bits per heavy atom. The van der Waals surface area contributed by atoms with Crippen LogP contribution in [0, 0.1) is 5.92 Å². The normalized spacial score (nSPS) is 13.8. The Morgan fingerprint density at radius 2 is 1.78 bits per heavy atom. The second-order valence-corrected chi connectivity index (χ2v) is 4.43. The van der Waals surface area contributed by atoms with E-state index in [9.17, 15) is 14.7 Å². The molecule has 0 radical (unpaired) electrons. The summed E-state index contributed by atoms with van der Waals surface area (Å²) < 4.78 is 0. The van der Waals surface area contributed by atoms with E-state index in [0.717, 1.165) is 5.56 Å². The molecule has 0 heterocycles. The molecule has 0 fully saturated rings. The first-order valence-electron chi connectivity index (χ1n) is 6.02. The van der Waals surface area contributed by atoms with E-state index in [0.29, 0.717) is 12.8 Å². The average Bonchev–Trinajstić information content (AvgIpc) is 2.34. The van der Waals surface area contributed by atoms with E-state index < -0.39 is 17.9 Å². The van der Waals surface area contributed by atoms with Gasteiger partial charge in [0.1, 0.15) is 0 Å². The van der Waals surface area contributed by atoms with Gasteiger partial charge >= 0.3 is 11.9 Å². The summed E-state index contributed by atoms with van der Waals surface area (Å²) in [6.45, 7) is 1.87. The molecule has 0 aliphatic heterocycles. The van der Waals surface area contributed by atoms with E-state index in [2.05, 4.69) is 0 Å². The summed E-state index contributed by atoms with van der Waals surface area (Å²) in [4.78, 5) is 21.7. The monoisotopic (exact) mass is 250 g/mol. The number of benzene rings is 1. The number of hydrogen-bond donors (Lipinski definition) is 2. The van der Waals surface area contributed by atoms with E-state index >= 15 is 0 Å². The zero-order chi connectivity index (χ0) is 13.5. The van der Waals surface area contributed by atoms with E-state index in [-0.39, 0.29) is 12.3 Å². The molecule has 0 amide bonds. The lowest BCUT2D eigenvalue weighted by atomic mass is 9.84. The van der Waals surface area contributed by atoms with Gasteiger partial charge in [-0.3, -0.25) is 9.59 Å². The van der Waals surface area contributed by atoms with E-state index in [1.54, 1.807) is 0 Å². The highest BCUT2D eigenvalue weighted by Crippen LogP contribution is 2.28. The van der Waals surface area contributed by atoms with Crippen LogP contribution >= 0.6 is 0 Å². The summed E-state index contributed by atoms with van der Waals surface area (Å²) in [5, 5.41) is 17.8. The van der Waals surface area contributed by atoms with Crippen LogP contribution in [-0.4, -0.2) is 22.2 Å². The first-order valence-corrected chi connectivity index (χ1v) is 6.02. The van der Waals surface area contributed by atoms with Crippen molar-refractivity contribution >= 4 is 11.9 Å². The Hall–Kier alpha value is -1.84. The summed E-state index contributed by atoms with van der Waals surface area (Å²) in [7, 11) is 0. The van der Waals surface area contributed by atoms with Gasteiger partial charge in [-0.25, -0.2) is 0 Å². The molecular weight excluding hydrogens is 232 g/mol. The highest BCUT2D eigenvalue weighted by atomic mass is 16.4. The molecule has 1 aromatic carbocycles. The minimum atomic E-state index is -0.883.